The highest BCUT2D eigenvalue weighted by molar-refractivity contribution is 8.26. The van der Waals surface area contributed by atoms with E-state index >= 15 is 0 Å². The highest BCUT2D eigenvalue weighted by Crippen LogP contribution is 2.30. The summed E-state index contributed by atoms with van der Waals surface area (Å²) in [6.07, 6.45) is 1.67. The zero-order valence-electron chi connectivity index (χ0n) is 9.95. The quantitative estimate of drug-likeness (QED) is 0.293. The van der Waals surface area contributed by atoms with E-state index in [0.717, 1.165) is 22.3 Å². The van der Waals surface area contributed by atoms with E-state index < -0.39 is 5.97 Å². The Balaban J connectivity index is 2.23. The molecule has 0 unspecified atom stereocenters. The Morgan fingerprint density at radius 2 is 2.05 bits per heavy atom. The molecule has 0 bridgehead atoms. The normalized spacial score (nSPS) is 17.2. The fraction of sp³-hybridized carbons (Fsp3) is 0.0833. The number of thiocarbonyl (C=S) groups is 1. The summed E-state index contributed by atoms with van der Waals surface area (Å²) in [5.74, 6) is 4.74. The van der Waals surface area contributed by atoms with Gasteiger partial charge >= 0.3 is 5.97 Å². The number of hydrogen-bond acceptors (Lipinski definition) is 6. The minimum atomic E-state index is -0.403. The number of rotatable bonds is 2. The monoisotopic (exact) mass is 294 g/mol. The predicted octanol–water partition coefficient (Wildman–Crippen LogP) is 1.55. The maximum absolute atomic E-state index is 11.7. The maximum atomic E-state index is 11.7. The molecule has 1 aromatic carbocycles. The molecule has 1 aliphatic rings. The van der Waals surface area contributed by atoms with Crippen molar-refractivity contribution < 1.29 is 14.3 Å². The Hall–Kier alpha value is -1.70. The summed E-state index contributed by atoms with van der Waals surface area (Å²) in [6, 6.07) is 6.69. The first kappa shape index (κ1) is 13.7. The summed E-state index contributed by atoms with van der Waals surface area (Å²) < 4.78 is 4.92. The molecule has 0 aromatic heterocycles. The maximum Gasteiger partial charge on any atom is 0.337 e. The topological polar surface area (TPSA) is 72.6 Å². The summed E-state index contributed by atoms with van der Waals surface area (Å²) in [4.78, 5) is 23.4. The molecule has 2 N–H and O–H groups in total. The van der Waals surface area contributed by atoms with Crippen molar-refractivity contribution in [3.8, 4) is 0 Å². The van der Waals surface area contributed by atoms with Gasteiger partial charge in [0.2, 0.25) is 0 Å². The van der Waals surface area contributed by atoms with Gasteiger partial charge in [-0.3, -0.25) is 4.79 Å². The SMILES string of the molecule is COC(=O)c1ccc(C=C2SC(=S)N(N)C2=O)cc1. The number of ether oxygens (including phenoxy) is 1. The summed E-state index contributed by atoms with van der Waals surface area (Å²) >= 11 is 6.07. The molecule has 0 aliphatic carbocycles. The number of hydrogen-bond donors (Lipinski definition) is 1. The molecule has 2 rings (SSSR count). The van der Waals surface area contributed by atoms with E-state index in [1.807, 2.05) is 0 Å². The fourth-order valence-electron chi connectivity index (χ4n) is 1.46. The number of benzene rings is 1. The van der Waals surface area contributed by atoms with E-state index in [1.165, 1.54) is 7.11 Å². The molecule has 0 spiro atoms. The van der Waals surface area contributed by atoms with Gasteiger partial charge in [-0.2, -0.15) is 0 Å². The van der Waals surface area contributed by atoms with Crippen molar-refractivity contribution in [3.63, 3.8) is 0 Å². The zero-order chi connectivity index (χ0) is 14.0. The van der Waals surface area contributed by atoms with E-state index in [9.17, 15) is 9.59 Å². The lowest BCUT2D eigenvalue weighted by Crippen LogP contribution is -2.34. The van der Waals surface area contributed by atoms with E-state index in [4.69, 9.17) is 18.1 Å². The first-order chi connectivity index (χ1) is 9.02. The summed E-state index contributed by atoms with van der Waals surface area (Å²) in [5.41, 5.74) is 1.23. The van der Waals surface area contributed by atoms with Crippen molar-refractivity contribution in [1.29, 1.82) is 0 Å². The van der Waals surface area contributed by atoms with E-state index in [1.54, 1.807) is 30.3 Å². The largest absolute Gasteiger partial charge is 0.465 e. The van der Waals surface area contributed by atoms with Gasteiger partial charge < -0.3 is 4.74 Å². The smallest absolute Gasteiger partial charge is 0.337 e. The number of carbonyl (C=O) groups excluding carboxylic acids is 2. The average Bonchev–Trinajstić information content (AvgIpc) is 2.66. The van der Waals surface area contributed by atoms with Crippen molar-refractivity contribution in [2.45, 2.75) is 0 Å². The molecule has 5 nitrogen and oxygen atoms in total. The number of esters is 1. The molecule has 1 aromatic rings. The Morgan fingerprint density at radius 3 is 2.53 bits per heavy atom. The van der Waals surface area contributed by atoms with Crippen LogP contribution in [0.15, 0.2) is 29.2 Å². The minimum absolute atomic E-state index is 0.322. The van der Waals surface area contributed by atoms with Crippen LogP contribution in [-0.2, 0) is 9.53 Å². The van der Waals surface area contributed by atoms with Crippen LogP contribution in [0.25, 0.3) is 6.08 Å². The van der Waals surface area contributed by atoms with Crippen molar-refractivity contribution in [1.82, 2.24) is 5.01 Å². The van der Waals surface area contributed by atoms with Gasteiger partial charge in [0.1, 0.15) is 0 Å². The molecular formula is C12H10N2O3S2. The van der Waals surface area contributed by atoms with Crippen LogP contribution >= 0.6 is 24.0 Å². The van der Waals surface area contributed by atoms with Crippen molar-refractivity contribution in [2.24, 2.45) is 5.84 Å². The van der Waals surface area contributed by atoms with Crippen LogP contribution in [0.3, 0.4) is 0 Å². The molecule has 98 valence electrons. The molecule has 0 atom stereocenters. The van der Waals surface area contributed by atoms with Gasteiger partial charge in [0, 0.05) is 0 Å². The van der Waals surface area contributed by atoms with Crippen molar-refractivity contribution in [3.05, 3.63) is 40.3 Å². The Labute approximate surface area is 119 Å². The van der Waals surface area contributed by atoms with Gasteiger partial charge in [-0.05, 0) is 23.8 Å². The van der Waals surface area contributed by atoms with Gasteiger partial charge in [0.15, 0.2) is 4.32 Å². The first-order valence-electron chi connectivity index (χ1n) is 5.24. The highest BCUT2D eigenvalue weighted by Gasteiger charge is 2.29. The Bertz CT molecular complexity index is 581. The summed E-state index contributed by atoms with van der Waals surface area (Å²) in [7, 11) is 1.32. The van der Waals surface area contributed by atoms with Crippen LogP contribution in [0.2, 0.25) is 0 Å². The number of amides is 1. The third-order valence-electron chi connectivity index (χ3n) is 2.45. The number of nitrogens with two attached hydrogens (primary N) is 1. The molecule has 7 heteroatoms. The number of thioether (sulfide) groups is 1. The summed E-state index contributed by atoms with van der Waals surface area (Å²) in [5, 5.41) is 0.939. The number of carbonyl (C=O) groups is 2. The van der Waals surface area contributed by atoms with Crippen LogP contribution in [0.1, 0.15) is 15.9 Å². The molecule has 1 saturated heterocycles. The first-order valence-corrected chi connectivity index (χ1v) is 6.46. The minimum Gasteiger partial charge on any atom is -0.465 e. The second kappa shape index (κ2) is 5.52. The molecular weight excluding hydrogens is 284 g/mol. The molecule has 1 aliphatic heterocycles. The lowest BCUT2D eigenvalue weighted by Gasteiger charge is -2.03. The van der Waals surface area contributed by atoms with Crippen molar-refractivity contribution in [2.75, 3.05) is 7.11 Å². The molecule has 1 amide bonds. The number of hydrazine groups is 1. The predicted molar refractivity (Wildman–Crippen MR) is 77.0 cm³/mol. The van der Waals surface area contributed by atoms with Gasteiger partial charge in [-0.15, -0.1) is 0 Å². The molecule has 0 saturated carbocycles. The van der Waals surface area contributed by atoms with Gasteiger partial charge in [-0.1, -0.05) is 36.1 Å². The van der Waals surface area contributed by atoms with Gasteiger partial charge in [0.05, 0.1) is 17.6 Å². The third kappa shape index (κ3) is 2.83. The van der Waals surface area contributed by atoms with E-state index in [0.29, 0.717) is 14.8 Å². The Kier molecular flexibility index (Phi) is 3.98. The molecule has 1 fully saturated rings. The fourth-order valence-corrected chi connectivity index (χ4v) is 2.57. The van der Waals surface area contributed by atoms with E-state index in [2.05, 4.69) is 4.74 Å². The number of nitrogens with zero attached hydrogens (tertiary/aromatic N) is 1. The summed E-state index contributed by atoms with van der Waals surface area (Å²) in [6.45, 7) is 0. The third-order valence-corrected chi connectivity index (χ3v) is 3.78. The van der Waals surface area contributed by atoms with Crippen LogP contribution in [0.4, 0.5) is 0 Å². The van der Waals surface area contributed by atoms with E-state index in [-0.39, 0.29) is 5.91 Å². The second-order valence-electron chi connectivity index (χ2n) is 3.67. The molecule has 19 heavy (non-hydrogen) atoms. The second-order valence-corrected chi connectivity index (χ2v) is 5.34. The zero-order valence-corrected chi connectivity index (χ0v) is 11.6. The number of methoxy groups -OCH3 is 1. The van der Waals surface area contributed by atoms with Crippen LogP contribution in [0.5, 0.6) is 0 Å². The van der Waals surface area contributed by atoms with Crippen molar-refractivity contribution >= 4 is 46.3 Å². The lowest BCUT2D eigenvalue weighted by molar-refractivity contribution is -0.122. The Morgan fingerprint density at radius 1 is 1.42 bits per heavy atom. The van der Waals surface area contributed by atoms with Gasteiger partial charge in [-0.25, -0.2) is 15.6 Å². The van der Waals surface area contributed by atoms with Gasteiger partial charge in [0.25, 0.3) is 5.91 Å². The average molecular weight is 294 g/mol. The van der Waals surface area contributed by atoms with Crippen LogP contribution < -0.4 is 5.84 Å². The molecule has 0 radical (unpaired) electrons. The standard InChI is InChI=1S/C12H10N2O3S2/c1-17-11(16)8-4-2-7(3-5-8)6-9-10(15)14(13)12(18)19-9/h2-6H,13H2,1H3. The highest BCUT2D eigenvalue weighted by atomic mass is 32.2. The van der Waals surface area contributed by atoms with Crippen LogP contribution in [-0.4, -0.2) is 28.3 Å². The molecule has 1 heterocycles. The lowest BCUT2D eigenvalue weighted by atomic mass is 10.1. The van der Waals surface area contributed by atoms with Crippen LogP contribution in [0, 0.1) is 0 Å².